The third-order valence-corrected chi connectivity index (χ3v) is 3.40. The Labute approximate surface area is 81.5 Å². The zero-order valence-electron chi connectivity index (χ0n) is 8.68. The van der Waals surface area contributed by atoms with Crippen molar-refractivity contribution in [2.45, 2.75) is 46.1 Å². The first-order valence-electron chi connectivity index (χ1n) is 5.07. The van der Waals surface area contributed by atoms with Gasteiger partial charge >= 0.3 is 0 Å². The molecule has 2 N–H and O–H groups in total. The summed E-state index contributed by atoms with van der Waals surface area (Å²) < 4.78 is 0. The van der Waals surface area contributed by atoms with Gasteiger partial charge in [0.2, 0.25) is 0 Å². The van der Waals surface area contributed by atoms with Crippen molar-refractivity contribution in [3.8, 4) is 0 Å². The van der Waals surface area contributed by atoms with Gasteiger partial charge in [-0.25, -0.2) is 0 Å². The van der Waals surface area contributed by atoms with Gasteiger partial charge in [-0.2, -0.15) is 11.8 Å². The molecule has 74 valence electrons. The number of thioether (sulfide) groups is 1. The van der Waals surface area contributed by atoms with Crippen molar-refractivity contribution in [3.63, 3.8) is 0 Å². The molecule has 0 spiro atoms. The highest BCUT2D eigenvalue weighted by atomic mass is 32.2. The second kappa shape index (κ2) is 7.93. The summed E-state index contributed by atoms with van der Waals surface area (Å²) in [5.41, 5.74) is 5.99. The summed E-state index contributed by atoms with van der Waals surface area (Å²) in [6, 6.07) is 0.417. The van der Waals surface area contributed by atoms with Crippen LogP contribution in [0.25, 0.3) is 0 Å². The molecule has 0 saturated carbocycles. The van der Waals surface area contributed by atoms with Gasteiger partial charge in [0.05, 0.1) is 0 Å². The molecule has 0 aromatic rings. The monoisotopic (exact) mass is 189 g/mol. The molecule has 1 nitrogen and oxygen atoms in total. The number of hydrogen-bond acceptors (Lipinski definition) is 2. The maximum absolute atomic E-state index is 5.99. The fraction of sp³-hybridized carbons (Fsp3) is 1.00. The van der Waals surface area contributed by atoms with Gasteiger partial charge in [-0.3, -0.25) is 0 Å². The first-order valence-corrected chi connectivity index (χ1v) is 6.23. The van der Waals surface area contributed by atoms with Gasteiger partial charge < -0.3 is 5.73 Å². The largest absolute Gasteiger partial charge is 0.327 e. The first kappa shape index (κ1) is 12.3. The lowest BCUT2D eigenvalue weighted by Crippen LogP contribution is -2.26. The van der Waals surface area contributed by atoms with Crippen LogP contribution in [0.2, 0.25) is 0 Å². The highest BCUT2D eigenvalue weighted by molar-refractivity contribution is 7.99. The predicted octanol–water partition coefficient (Wildman–Crippen LogP) is 2.89. The lowest BCUT2D eigenvalue weighted by molar-refractivity contribution is 0.424. The maximum Gasteiger partial charge on any atom is 0.0133 e. The van der Waals surface area contributed by atoms with Crippen LogP contribution in [0.15, 0.2) is 0 Å². The smallest absolute Gasteiger partial charge is 0.0133 e. The molecule has 0 saturated heterocycles. The Morgan fingerprint density at radius 1 is 1.17 bits per heavy atom. The van der Waals surface area contributed by atoms with E-state index in [2.05, 4.69) is 20.8 Å². The summed E-state index contributed by atoms with van der Waals surface area (Å²) >= 11 is 1.95. The third kappa shape index (κ3) is 5.90. The zero-order chi connectivity index (χ0) is 9.40. The van der Waals surface area contributed by atoms with E-state index in [1.165, 1.54) is 25.0 Å². The standard InChI is InChI=1S/C10H23NS/c1-4-9(5-2)7-10(11)8-12-6-3/h9-10H,4-8,11H2,1-3H3. The Morgan fingerprint density at radius 3 is 2.17 bits per heavy atom. The average Bonchev–Trinajstić information content (AvgIpc) is 2.10. The van der Waals surface area contributed by atoms with Crippen LogP contribution in [0.4, 0.5) is 0 Å². The average molecular weight is 189 g/mol. The van der Waals surface area contributed by atoms with E-state index in [-0.39, 0.29) is 0 Å². The molecule has 0 aromatic carbocycles. The van der Waals surface area contributed by atoms with Gasteiger partial charge in [0.15, 0.2) is 0 Å². The van der Waals surface area contributed by atoms with E-state index in [9.17, 15) is 0 Å². The Kier molecular flexibility index (Phi) is 8.14. The maximum atomic E-state index is 5.99. The molecular weight excluding hydrogens is 166 g/mol. The Hall–Kier alpha value is 0.310. The second-order valence-corrected chi connectivity index (χ2v) is 4.66. The van der Waals surface area contributed by atoms with Gasteiger partial charge in [-0.05, 0) is 18.1 Å². The van der Waals surface area contributed by atoms with E-state index < -0.39 is 0 Å². The highest BCUT2D eigenvalue weighted by Crippen LogP contribution is 2.15. The van der Waals surface area contributed by atoms with Gasteiger partial charge in [-0.1, -0.05) is 33.6 Å². The van der Waals surface area contributed by atoms with Crippen LogP contribution in [-0.4, -0.2) is 17.5 Å². The molecule has 0 heterocycles. The van der Waals surface area contributed by atoms with Crippen LogP contribution in [0.1, 0.15) is 40.0 Å². The van der Waals surface area contributed by atoms with Crippen LogP contribution < -0.4 is 5.73 Å². The summed E-state index contributed by atoms with van der Waals surface area (Å²) in [5.74, 6) is 3.17. The molecule has 12 heavy (non-hydrogen) atoms. The lowest BCUT2D eigenvalue weighted by atomic mass is 9.96. The summed E-state index contributed by atoms with van der Waals surface area (Å²) in [5, 5.41) is 0. The molecular formula is C10H23NS. The van der Waals surface area contributed by atoms with Crippen LogP contribution in [0, 0.1) is 5.92 Å². The molecule has 0 amide bonds. The number of hydrogen-bond donors (Lipinski definition) is 1. The van der Waals surface area contributed by atoms with E-state index in [0.717, 1.165) is 11.7 Å². The fourth-order valence-electron chi connectivity index (χ4n) is 1.39. The Bertz CT molecular complexity index is 91.8. The van der Waals surface area contributed by atoms with Crippen molar-refractivity contribution >= 4 is 11.8 Å². The normalized spacial score (nSPS) is 13.8. The fourth-order valence-corrected chi connectivity index (χ4v) is 2.06. The summed E-state index contributed by atoms with van der Waals surface area (Å²) in [6.07, 6.45) is 3.77. The van der Waals surface area contributed by atoms with Crippen molar-refractivity contribution in [1.29, 1.82) is 0 Å². The van der Waals surface area contributed by atoms with Crippen molar-refractivity contribution in [2.24, 2.45) is 11.7 Å². The van der Waals surface area contributed by atoms with Gasteiger partial charge in [0.1, 0.15) is 0 Å². The van der Waals surface area contributed by atoms with Crippen LogP contribution in [-0.2, 0) is 0 Å². The van der Waals surface area contributed by atoms with E-state index in [1.807, 2.05) is 11.8 Å². The van der Waals surface area contributed by atoms with Crippen LogP contribution in [0.3, 0.4) is 0 Å². The van der Waals surface area contributed by atoms with Crippen LogP contribution in [0.5, 0.6) is 0 Å². The molecule has 0 radical (unpaired) electrons. The van der Waals surface area contributed by atoms with Crippen molar-refractivity contribution in [1.82, 2.24) is 0 Å². The SMILES string of the molecule is CCSCC(N)CC(CC)CC. The van der Waals surface area contributed by atoms with E-state index in [0.29, 0.717) is 6.04 Å². The Morgan fingerprint density at radius 2 is 1.75 bits per heavy atom. The quantitative estimate of drug-likeness (QED) is 0.666. The molecule has 0 aromatic heterocycles. The van der Waals surface area contributed by atoms with E-state index >= 15 is 0 Å². The zero-order valence-corrected chi connectivity index (χ0v) is 9.49. The lowest BCUT2D eigenvalue weighted by Gasteiger charge is -2.17. The van der Waals surface area contributed by atoms with Crippen molar-refractivity contribution in [3.05, 3.63) is 0 Å². The topological polar surface area (TPSA) is 26.0 Å². The third-order valence-electron chi connectivity index (χ3n) is 2.33. The number of nitrogens with two attached hydrogens (primary N) is 1. The van der Waals surface area contributed by atoms with E-state index in [1.54, 1.807) is 0 Å². The highest BCUT2D eigenvalue weighted by Gasteiger charge is 2.09. The molecule has 0 aliphatic carbocycles. The van der Waals surface area contributed by atoms with Crippen molar-refractivity contribution in [2.75, 3.05) is 11.5 Å². The summed E-state index contributed by atoms with van der Waals surface area (Å²) in [4.78, 5) is 0. The Balaban J connectivity index is 3.44. The second-order valence-electron chi connectivity index (χ2n) is 3.34. The molecule has 2 heteroatoms. The van der Waals surface area contributed by atoms with Gasteiger partial charge in [0.25, 0.3) is 0 Å². The van der Waals surface area contributed by atoms with E-state index in [4.69, 9.17) is 5.73 Å². The molecule has 1 atom stereocenters. The minimum atomic E-state index is 0.417. The summed E-state index contributed by atoms with van der Waals surface area (Å²) in [6.45, 7) is 6.70. The molecule has 0 rings (SSSR count). The predicted molar refractivity (Wildman–Crippen MR) is 59.7 cm³/mol. The molecule has 0 fully saturated rings. The minimum Gasteiger partial charge on any atom is -0.327 e. The summed E-state index contributed by atoms with van der Waals surface area (Å²) in [7, 11) is 0. The van der Waals surface area contributed by atoms with Gasteiger partial charge in [-0.15, -0.1) is 0 Å². The molecule has 1 unspecified atom stereocenters. The van der Waals surface area contributed by atoms with Crippen LogP contribution >= 0.6 is 11.8 Å². The van der Waals surface area contributed by atoms with Gasteiger partial charge in [0, 0.05) is 11.8 Å². The minimum absolute atomic E-state index is 0.417. The molecule has 0 aliphatic rings. The molecule has 0 bridgehead atoms. The van der Waals surface area contributed by atoms with Crippen molar-refractivity contribution < 1.29 is 0 Å². The molecule has 0 aliphatic heterocycles. The number of rotatable bonds is 7. The first-order chi connectivity index (χ1) is 5.74.